The maximum Gasteiger partial charge on any atom is 0.251 e. The predicted octanol–water partition coefficient (Wildman–Crippen LogP) is 1.49. The average molecular weight is 260 g/mol. The fraction of sp³-hybridized carbons (Fsp3) is 0.231. The Bertz CT molecular complexity index is 566. The molecule has 1 heterocycles. The largest absolute Gasteiger partial charge is 0.495 e. The highest BCUT2D eigenvalue weighted by atomic mass is 16.5. The molecule has 0 fully saturated rings. The van der Waals surface area contributed by atoms with Gasteiger partial charge in [-0.1, -0.05) is 0 Å². The van der Waals surface area contributed by atoms with Crippen LogP contribution >= 0.6 is 0 Å². The number of rotatable bonds is 4. The minimum atomic E-state index is -0.210. The lowest BCUT2D eigenvalue weighted by Gasteiger charge is -2.12. The smallest absolute Gasteiger partial charge is 0.251 e. The molecule has 2 aromatic rings. The lowest BCUT2D eigenvalue weighted by atomic mass is 10.1. The highest BCUT2D eigenvalue weighted by molar-refractivity contribution is 5.95. The van der Waals surface area contributed by atoms with Crippen molar-refractivity contribution in [3.63, 3.8) is 0 Å². The number of carbonyl (C=O) groups excluding carboxylic acids is 1. The first-order valence-electron chi connectivity index (χ1n) is 5.85. The van der Waals surface area contributed by atoms with Crippen molar-refractivity contribution in [2.75, 3.05) is 12.8 Å². The van der Waals surface area contributed by atoms with E-state index in [2.05, 4.69) is 15.3 Å². The number of nitrogens with one attached hydrogen (secondary N) is 2. The van der Waals surface area contributed by atoms with Crippen LogP contribution in [-0.4, -0.2) is 23.0 Å². The summed E-state index contributed by atoms with van der Waals surface area (Å²) in [5.41, 5.74) is 6.69. The SMILES string of the molecule is COc1ccc(C(=O)NC(C)c2ncc[nH]2)cc1N. The Morgan fingerprint density at radius 3 is 2.89 bits per heavy atom. The highest BCUT2D eigenvalue weighted by Gasteiger charge is 2.14. The van der Waals surface area contributed by atoms with Crippen LogP contribution in [0.3, 0.4) is 0 Å². The maximum absolute atomic E-state index is 12.1. The first kappa shape index (κ1) is 12.9. The number of methoxy groups -OCH3 is 1. The van der Waals surface area contributed by atoms with Crippen LogP contribution in [0.2, 0.25) is 0 Å². The van der Waals surface area contributed by atoms with E-state index < -0.39 is 0 Å². The van der Waals surface area contributed by atoms with Gasteiger partial charge >= 0.3 is 0 Å². The summed E-state index contributed by atoms with van der Waals surface area (Å²) in [6.07, 6.45) is 3.35. The Hall–Kier alpha value is -2.50. The Morgan fingerprint density at radius 2 is 2.32 bits per heavy atom. The Balaban J connectivity index is 2.10. The second-order valence-corrected chi connectivity index (χ2v) is 4.13. The molecule has 0 spiro atoms. The molecule has 4 N–H and O–H groups in total. The molecule has 1 aromatic heterocycles. The molecule has 6 heteroatoms. The number of aromatic amines is 1. The maximum atomic E-state index is 12.1. The predicted molar refractivity (Wildman–Crippen MR) is 71.9 cm³/mol. The van der Waals surface area contributed by atoms with Gasteiger partial charge in [0.05, 0.1) is 18.8 Å². The molecule has 1 aromatic carbocycles. The first-order valence-corrected chi connectivity index (χ1v) is 5.85. The van der Waals surface area contributed by atoms with E-state index in [-0.39, 0.29) is 11.9 Å². The third-order valence-electron chi connectivity index (χ3n) is 2.77. The summed E-state index contributed by atoms with van der Waals surface area (Å²) in [5, 5.41) is 2.83. The van der Waals surface area contributed by atoms with Gasteiger partial charge in [0.25, 0.3) is 5.91 Å². The van der Waals surface area contributed by atoms with Crippen LogP contribution in [0.25, 0.3) is 0 Å². The lowest BCUT2D eigenvalue weighted by molar-refractivity contribution is 0.0938. The van der Waals surface area contributed by atoms with Crippen molar-refractivity contribution in [2.24, 2.45) is 0 Å². The number of carbonyl (C=O) groups is 1. The molecule has 0 saturated heterocycles. The molecule has 6 nitrogen and oxygen atoms in total. The second kappa shape index (κ2) is 5.43. The number of aromatic nitrogens is 2. The molecule has 0 aliphatic carbocycles. The molecule has 0 radical (unpaired) electrons. The van der Waals surface area contributed by atoms with Crippen molar-refractivity contribution < 1.29 is 9.53 Å². The monoisotopic (exact) mass is 260 g/mol. The van der Waals surface area contributed by atoms with E-state index in [4.69, 9.17) is 10.5 Å². The van der Waals surface area contributed by atoms with Gasteiger partial charge in [-0.15, -0.1) is 0 Å². The molecule has 1 amide bonds. The number of ether oxygens (including phenoxy) is 1. The van der Waals surface area contributed by atoms with Crippen LogP contribution in [0.15, 0.2) is 30.6 Å². The molecule has 0 saturated carbocycles. The van der Waals surface area contributed by atoms with Crippen molar-refractivity contribution in [3.05, 3.63) is 42.0 Å². The fourth-order valence-corrected chi connectivity index (χ4v) is 1.74. The van der Waals surface area contributed by atoms with Gasteiger partial charge < -0.3 is 20.8 Å². The summed E-state index contributed by atoms with van der Waals surface area (Å²) in [4.78, 5) is 19.1. The van der Waals surface area contributed by atoms with Crippen LogP contribution < -0.4 is 15.8 Å². The van der Waals surface area contributed by atoms with Crippen LogP contribution in [0, 0.1) is 0 Å². The third-order valence-corrected chi connectivity index (χ3v) is 2.77. The summed E-state index contributed by atoms with van der Waals surface area (Å²) in [6.45, 7) is 1.85. The van der Waals surface area contributed by atoms with Gasteiger partial charge in [0.1, 0.15) is 11.6 Å². The van der Waals surface area contributed by atoms with Gasteiger partial charge in [0.15, 0.2) is 0 Å². The number of benzene rings is 1. The number of imidazole rings is 1. The number of nitrogens with zero attached hydrogens (tertiary/aromatic N) is 1. The first-order chi connectivity index (χ1) is 9.11. The highest BCUT2D eigenvalue weighted by Crippen LogP contribution is 2.22. The van der Waals surface area contributed by atoms with Gasteiger partial charge in [0.2, 0.25) is 0 Å². The Morgan fingerprint density at radius 1 is 1.53 bits per heavy atom. The third kappa shape index (κ3) is 2.85. The van der Waals surface area contributed by atoms with Gasteiger partial charge in [-0.3, -0.25) is 4.79 Å². The zero-order valence-corrected chi connectivity index (χ0v) is 10.8. The molecule has 1 atom stereocenters. The van der Waals surface area contributed by atoms with Gasteiger partial charge in [-0.25, -0.2) is 4.98 Å². The van der Waals surface area contributed by atoms with E-state index in [1.54, 1.807) is 30.6 Å². The van der Waals surface area contributed by atoms with Crippen molar-refractivity contribution in [2.45, 2.75) is 13.0 Å². The van der Waals surface area contributed by atoms with E-state index in [9.17, 15) is 4.79 Å². The Labute approximate surface area is 111 Å². The fourth-order valence-electron chi connectivity index (χ4n) is 1.74. The van der Waals surface area contributed by atoms with Crippen LogP contribution in [0.1, 0.15) is 29.1 Å². The molecule has 1 unspecified atom stereocenters. The van der Waals surface area contributed by atoms with Crippen molar-refractivity contribution in [3.8, 4) is 5.75 Å². The van der Waals surface area contributed by atoms with Crippen LogP contribution in [0.5, 0.6) is 5.75 Å². The van der Waals surface area contributed by atoms with Gasteiger partial charge in [0, 0.05) is 18.0 Å². The zero-order valence-electron chi connectivity index (χ0n) is 10.8. The topological polar surface area (TPSA) is 93.0 Å². The summed E-state index contributed by atoms with van der Waals surface area (Å²) < 4.78 is 5.05. The van der Waals surface area contributed by atoms with Crippen molar-refractivity contribution in [1.29, 1.82) is 0 Å². The summed E-state index contributed by atoms with van der Waals surface area (Å²) >= 11 is 0. The van der Waals surface area contributed by atoms with Crippen molar-refractivity contribution in [1.82, 2.24) is 15.3 Å². The Kier molecular flexibility index (Phi) is 3.70. The quantitative estimate of drug-likeness (QED) is 0.726. The number of amides is 1. The molecular formula is C13H16N4O2. The summed E-state index contributed by atoms with van der Waals surface area (Å²) in [7, 11) is 1.53. The van der Waals surface area contributed by atoms with Gasteiger partial charge in [-0.2, -0.15) is 0 Å². The number of H-pyrrole nitrogens is 1. The number of nitrogens with two attached hydrogens (primary N) is 1. The molecule has 2 rings (SSSR count). The second-order valence-electron chi connectivity index (χ2n) is 4.13. The molecule has 0 bridgehead atoms. The number of anilines is 1. The minimum Gasteiger partial charge on any atom is -0.495 e. The number of hydrogen-bond donors (Lipinski definition) is 3. The van der Waals surface area contributed by atoms with E-state index in [1.807, 2.05) is 6.92 Å². The van der Waals surface area contributed by atoms with Gasteiger partial charge in [-0.05, 0) is 25.1 Å². The zero-order chi connectivity index (χ0) is 13.8. The normalized spacial score (nSPS) is 11.9. The average Bonchev–Trinajstić information content (AvgIpc) is 2.92. The molecule has 19 heavy (non-hydrogen) atoms. The standard InChI is InChI=1S/C13H16N4O2/c1-8(12-15-5-6-16-12)17-13(18)9-3-4-11(19-2)10(14)7-9/h3-8H,14H2,1-2H3,(H,15,16)(H,17,18). The van der Waals surface area contributed by atoms with E-state index in [1.165, 1.54) is 7.11 Å². The summed E-state index contributed by atoms with van der Waals surface area (Å²) in [5.74, 6) is 1.05. The van der Waals surface area contributed by atoms with E-state index >= 15 is 0 Å². The van der Waals surface area contributed by atoms with Crippen LogP contribution in [-0.2, 0) is 0 Å². The van der Waals surface area contributed by atoms with Crippen molar-refractivity contribution >= 4 is 11.6 Å². The number of hydrogen-bond acceptors (Lipinski definition) is 4. The number of nitrogen functional groups attached to an aromatic ring is 1. The lowest BCUT2D eigenvalue weighted by Crippen LogP contribution is -2.27. The molecular weight excluding hydrogens is 244 g/mol. The van der Waals surface area contributed by atoms with E-state index in [0.29, 0.717) is 22.8 Å². The molecule has 0 aliphatic heterocycles. The molecule has 100 valence electrons. The molecule has 0 aliphatic rings. The summed E-state index contributed by atoms with van der Waals surface area (Å²) in [6, 6.07) is 4.72. The minimum absolute atomic E-state index is 0.203. The van der Waals surface area contributed by atoms with E-state index in [0.717, 1.165) is 0 Å². The van der Waals surface area contributed by atoms with Crippen LogP contribution in [0.4, 0.5) is 5.69 Å².